The van der Waals surface area contributed by atoms with Gasteiger partial charge in [0.2, 0.25) is 5.28 Å². The SMILES string of the molecule is CCc1sc2nc(Cl)nc(N(C)CCc3ccncc3)c2c1-c1ccc(C)c(C)c1. The Balaban J connectivity index is 1.82. The van der Waals surface area contributed by atoms with Crippen LogP contribution in [0.5, 0.6) is 0 Å². The van der Waals surface area contributed by atoms with Crippen molar-refractivity contribution >= 4 is 39.0 Å². The van der Waals surface area contributed by atoms with Gasteiger partial charge in [0.05, 0.1) is 5.39 Å². The van der Waals surface area contributed by atoms with E-state index >= 15 is 0 Å². The Kier molecular flexibility index (Phi) is 6.02. The number of hydrogen-bond donors (Lipinski definition) is 0. The summed E-state index contributed by atoms with van der Waals surface area (Å²) in [5.41, 5.74) is 6.29. The highest BCUT2D eigenvalue weighted by molar-refractivity contribution is 7.19. The predicted octanol–water partition coefficient (Wildman–Crippen LogP) is 6.26. The van der Waals surface area contributed by atoms with E-state index in [4.69, 9.17) is 11.6 Å². The summed E-state index contributed by atoms with van der Waals surface area (Å²) in [5, 5.41) is 1.39. The van der Waals surface area contributed by atoms with Gasteiger partial charge in [-0.05, 0) is 72.7 Å². The molecule has 30 heavy (non-hydrogen) atoms. The summed E-state index contributed by atoms with van der Waals surface area (Å²) in [6, 6.07) is 10.8. The lowest BCUT2D eigenvalue weighted by Gasteiger charge is -2.20. The van der Waals surface area contributed by atoms with Crippen LogP contribution in [0.2, 0.25) is 5.28 Å². The van der Waals surface area contributed by atoms with E-state index in [1.807, 2.05) is 12.4 Å². The molecule has 0 aliphatic rings. The van der Waals surface area contributed by atoms with Crippen LogP contribution in [0.3, 0.4) is 0 Å². The topological polar surface area (TPSA) is 41.9 Å². The van der Waals surface area contributed by atoms with Crippen LogP contribution in [0, 0.1) is 13.8 Å². The summed E-state index contributed by atoms with van der Waals surface area (Å²) in [5.74, 6) is 0.892. The van der Waals surface area contributed by atoms with Crippen LogP contribution in [-0.4, -0.2) is 28.5 Å². The van der Waals surface area contributed by atoms with Crippen LogP contribution >= 0.6 is 22.9 Å². The minimum Gasteiger partial charge on any atom is -0.359 e. The van der Waals surface area contributed by atoms with Crippen LogP contribution in [0.4, 0.5) is 5.82 Å². The molecule has 4 aromatic rings. The molecular weight excluding hydrogens is 412 g/mol. The fourth-order valence-corrected chi connectivity index (χ4v) is 5.02. The van der Waals surface area contributed by atoms with Crippen LogP contribution < -0.4 is 4.90 Å². The van der Waals surface area contributed by atoms with E-state index in [1.54, 1.807) is 11.3 Å². The average Bonchev–Trinajstić information content (AvgIpc) is 3.12. The highest BCUT2D eigenvalue weighted by atomic mass is 35.5. The van der Waals surface area contributed by atoms with Crippen molar-refractivity contribution in [2.75, 3.05) is 18.5 Å². The number of benzene rings is 1. The van der Waals surface area contributed by atoms with Crippen molar-refractivity contribution in [3.8, 4) is 11.1 Å². The molecule has 0 atom stereocenters. The van der Waals surface area contributed by atoms with Crippen molar-refractivity contribution < 1.29 is 0 Å². The Morgan fingerprint density at radius 2 is 1.80 bits per heavy atom. The molecule has 0 saturated heterocycles. The molecule has 0 aliphatic heterocycles. The standard InChI is InChI=1S/C24H25ClN4S/c1-5-19-20(18-7-6-15(2)16(3)14-18)21-22(27-24(25)28-23(21)30-19)29(4)13-10-17-8-11-26-12-9-17/h6-9,11-12,14H,5,10,13H2,1-4H3. The van der Waals surface area contributed by atoms with Gasteiger partial charge in [0, 0.05) is 36.4 Å². The lowest BCUT2D eigenvalue weighted by atomic mass is 9.98. The molecule has 1 aromatic carbocycles. The molecule has 3 heterocycles. The molecule has 0 unspecified atom stereocenters. The van der Waals surface area contributed by atoms with E-state index in [1.165, 1.54) is 32.7 Å². The molecule has 0 amide bonds. The highest BCUT2D eigenvalue weighted by Crippen LogP contribution is 2.43. The Bertz CT molecular complexity index is 1190. The van der Waals surface area contributed by atoms with Crippen molar-refractivity contribution in [2.24, 2.45) is 0 Å². The lowest BCUT2D eigenvalue weighted by molar-refractivity contribution is 0.861. The third-order valence-electron chi connectivity index (χ3n) is 5.54. The number of likely N-dealkylation sites (N-methyl/N-ethyl adjacent to an activating group) is 1. The van der Waals surface area contributed by atoms with Gasteiger partial charge in [0.1, 0.15) is 10.6 Å². The number of nitrogens with zero attached hydrogens (tertiary/aromatic N) is 4. The molecule has 4 nitrogen and oxygen atoms in total. The Labute approximate surface area is 186 Å². The van der Waals surface area contributed by atoms with Gasteiger partial charge in [-0.1, -0.05) is 25.1 Å². The van der Waals surface area contributed by atoms with E-state index in [0.29, 0.717) is 5.28 Å². The Morgan fingerprint density at radius 3 is 2.50 bits per heavy atom. The fraction of sp³-hybridized carbons (Fsp3) is 0.292. The number of pyridine rings is 1. The van der Waals surface area contributed by atoms with Crippen molar-refractivity contribution in [1.29, 1.82) is 0 Å². The summed E-state index contributed by atoms with van der Waals surface area (Å²) in [6.45, 7) is 7.33. The van der Waals surface area contributed by atoms with Crippen molar-refractivity contribution in [1.82, 2.24) is 15.0 Å². The minimum absolute atomic E-state index is 0.295. The predicted molar refractivity (Wildman–Crippen MR) is 128 cm³/mol. The zero-order valence-corrected chi connectivity index (χ0v) is 19.3. The van der Waals surface area contributed by atoms with Crippen LogP contribution in [0.15, 0.2) is 42.7 Å². The number of thiophene rings is 1. The van der Waals surface area contributed by atoms with Crippen LogP contribution in [0.1, 0.15) is 28.5 Å². The smallest absolute Gasteiger partial charge is 0.225 e. The Morgan fingerprint density at radius 1 is 1.03 bits per heavy atom. The fourth-order valence-electron chi connectivity index (χ4n) is 3.68. The molecule has 154 valence electrons. The second-order valence-electron chi connectivity index (χ2n) is 7.58. The lowest BCUT2D eigenvalue weighted by Crippen LogP contribution is -2.22. The number of anilines is 1. The Hall–Kier alpha value is -2.50. The van der Waals surface area contributed by atoms with Gasteiger partial charge in [-0.3, -0.25) is 4.98 Å². The average molecular weight is 437 g/mol. The van der Waals surface area contributed by atoms with E-state index in [9.17, 15) is 0 Å². The molecule has 0 N–H and O–H groups in total. The first-order valence-corrected chi connectivity index (χ1v) is 11.3. The maximum atomic E-state index is 6.33. The molecule has 0 fully saturated rings. The largest absolute Gasteiger partial charge is 0.359 e. The number of aromatic nitrogens is 3. The van der Waals surface area contributed by atoms with Gasteiger partial charge < -0.3 is 4.90 Å². The van der Waals surface area contributed by atoms with Gasteiger partial charge >= 0.3 is 0 Å². The maximum Gasteiger partial charge on any atom is 0.225 e. The van der Waals surface area contributed by atoms with Crippen LogP contribution in [-0.2, 0) is 12.8 Å². The molecule has 3 aromatic heterocycles. The first-order chi connectivity index (χ1) is 14.5. The zero-order valence-electron chi connectivity index (χ0n) is 17.7. The summed E-state index contributed by atoms with van der Waals surface area (Å²) < 4.78 is 0. The summed E-state index contributed by atoms with van der Waals surface area (Å²) in [6.07, 6.45) is 5.52. The van der Waals surface area contributed by atoms with E-state index in [2.05, 4.69) is 78.0 Å². The molecular formula is C24H25ClN4S. The van der Waals surface area contributed by atoms with Crippen molar-refractivity contribution in [3.63, 3.8) is 0 Å². The van der Waals surface area contributed by atoms with Crippen molar-refractivity contribution in [3.05, 3.63) is 69.6 Å². The zero-order chi connectivity index (χ0) is 21.3. The molecule has 0 radical (unpaired) electrons. The van der Waals surface area contributed by atoms with Gasteiger partial charge in [0.25, 0.3) is 0 Å². The number of halogens is 1. The molecule has 4 rings (SSSR count). The quantitative estimate of drug-likeness (QED) is 0.334. The maximum absolute atomic E-state index is 6.33. The van der Waals surface area contributed by atoms with Gasteiger partial charge in [-0.25, -0.2) is 4.98 Å². The molecule has 0 aliphatic carbocycles. The minimum atomic E-state index is 0.295. The second kappa shape index (κ2) is 8.70. The van der Waals surface area contributed by atoms with Gasteiger partial charge in [-0.15, -0.1) is 11.3 Å². The monoisotopic (exact) mass is 436 g/mol. The molecule has 6 heteroatoms. The number of aryl methyl sites for hydroxylation is 3. The van der Waals surface area contributed by atoms with Crippen molar-refractivity contribution in [2.45, 2.75) is 33.6 Å². The van der Waals surface area contributed by atoms with Crippen LogP contribution in [0.25, 0.3) is 21.3 Å². The number of fused-ring (bicyclic) bond motifs is 1. The normalized spacial score (nSPS) is 11.2. The first kappa shape index (κ1) is 20.8. The number of rotatable bonds is 6. The van der Waals surface area contributed by atoms with Gasteiger partial charge in [-0.2, -0.15) is 4.98 Å². The third kappa shape index (κ3) is 4.05. The third-order valence-corrected chi connectivity index (χ3v) is 6.94. The molecule has 0 saturated carbocycles. The second-order valence-corrected chi connectivity index (χ2v) is 9.00. The summed E-state index contributed by atoms with van der Waals surface area (Å²) in [7, 11) is 2.08. The van der Waals surface area contributed by atoms with E-state index < -0.39 is 0 Å². The van der Waals surface area contributed by atoms with E-state index in [0.717, 1.165) is 35.4 Å². The summed E-state index contributed by atoms with van der Waals surface area (Å²) in [4.78, 5) is 17.8. The van der Waals surface area contributed by atoms with Gasteiger partial charge in [0.15, 0.2) is 0 Å². The summed E-state index contributed by atoms with van der Waals surface area (Å²) >= 11 is 8.05. The first-order valence-electron chi connectivity index (χ1n) is 10.1. The number of hydrogen-bond acceptors (Lipinski definition) is 5. The molecule has 0 spiro atoms. The highest BCUT2D eigenvalue weighted by Gasteiger charge is 2.21. The molecule has 0 bridgehead atoms. The van der Waals surface area contributed by atoms with E-state index in [-0.39, 0.29) is 0 Å².